The van der Waals surface area contributed by atoms with Crippen molar-refractivity contribution in [2.24, 2.45) is 5.92 Å². The van der Waals surface area contributed by atoms with Crippen LogP contribution in [0.5, 0.6) is 0 Å². The predicted molar refractivity (Wildman–Crippen MR) is 74.0 cm³/mol. The van der Waals surface area contributed by atoms with E-state index in [2.05, 4.69) is 0 Å². The van der Waals surface area contributed by atoms with Gasteiger partial charge in [0, 0.05) is 12.1 Å². The molecule has 0 bridgehead atoms. The Hall–Kier alpha value is -1.42. The van der Waals surface area contributed by atoms with Gasteiger partial charge in [0.1, 0.15) is 0 Å². The van der Waals surface area contributed by atoms with Gasteiger partial charge < -0.3 is 5.11 Å². The van der Waals surface area contributed by atoms with Crippen molar-refractivity contribution in [3.8, 4) is 0 Å². The van der Waals surface area contributed by atoms with Gasteiger partial charge in [0.05, 0.1) is 11.0 Å². The van der Waals surface area contributed by atoms with E-state index < -0.39 is 4.92 Å². The van der Waals surface area contributed by atoms with E-state index in [0.717, 1.165) is 18.4 Å². The van der Waals surface area contributed by atoms with Gasteiger partial charge in [-0.1, -0.05) is 37.8 Å². The molecule has 4 heteroatoms. The molecule has 4 nitrogen and oxygen atoms in total. The Bertz CT molecular complexity index is 408. The fraction of sp³-hybridized carbons (Fsp3) is 0.600. The van der Waals surface area contributed by atoms with Crippen molar-refractivity contribution in [1.82, 2.24) is 0 Å². The van der Waals surface area contributed by atoms with Gasteiger partial charge in [-0.2, -0.15) is 0 Å². The zero-order valence-corrected chi connectivity index (χ0v) is 11.1. The monoisotopic (exact) mass is 263 g/mol. The minimum absolute atomic E-state index is 0.104. The number of rotatable bonds is 4. The maximum Gasteiger partial charge on any atom is 0.269 e. The van der Waals surface area contributed by atoms with Crippen LogP contribution in [0.25, 0.3) is 0 Å². The maximum absolute atomic E-state index is 10.6. The number of non-ortho nitro benzene ring substituents is 1. The van der Waals surface area contributed by atoms with E-state index in [4.69, 9.17) is 0 Å². The zero-order valence-electron chi connectivity index (χ0n) is 11.1. The first-order valence-corrected chi connectivity index (χ1v) is 7.08. The average molecular weight is 263 g/mol. The molecule has 0 aromatic heterocycles. The lowest BCUT2D eigenvalue weighted by Gasteiger charge is -2.21. The van der Waals surface area contributed by atoms with Crippen LogP contribution in [-0.2, 0) is 6.42 Å². The van der Waals surface area contributed by atoms with Crippen molar-refractivity contribution in [3.05, 3.63) is 39.9 Å². The lowest BCUT2D eigenvalue weighted by Crippen LogP contribution is -2.22. The van der Waals surface area contributed by atoms with E-state index >= 15 is 0 Å². The summed E-state index contributed by atoms with van der Waals surface area (Å²) in [5.74, 6) is 0.387. The average Bonchev–Trinajstić information content (AvgIpc) is 2.68. The van der Waals surface area contributed by atoms with Crippen LogP contribution >= 0.6 is 0 Å². The third-order valence-electron chi connectivity index (χ3n) is 4.04. The van der Waals surface area contributed by atoms with Crippen LogP contribution < -0.4 is 0 Å². The maximum atomic E-state index is 10.6. The van der Waals surface area contributed by atoms with Crippen LogP contribution in [0.2, 0.25) is 0 Å². The van der Waals surface area contributed by atoms with Gasteiger partial charge in [0.2, 0.25) is 0 Å². The van der Waals surface area contributed by atoms with E-state index in [1.807, 2.05) is 0 Å². The summed E-state index contributed by atoms with van der Waals surface area (Å²) in [5.41, 5.74) is 1.08. The van der Waals surface area contributed by atoms with Crippen LogP contribution in [-0.4, -0.2) is 16.1 Å². The fourth-order valence-electron chi connectivity index (χ4n) is 2.86. The number of hydrogen-bond donors (Lipinski definition) is 1. The molecule has 0 heterocycles. The van der Waals surface area contributed by atoms with Gasteiger partial charge in [-0.15, -0.1) is 0 Å². The molecular weight excluding hydrogens is 242 g/mol. The summed E-state index contributed by atoms with van der Waals surface area (Å²) < 4.78 is 0. The molecule has 1 atom stereocenters. The molecule has 0 radical (unpaired) electrons. The predicted octanol–water partition coefficient (Wildman–Crippen LogP) is 3.47. The molecule has 1 unspecified atom stereocenters. The molecule has 0 amide bonds. The first-order valence-electron chi connectivity index (χ1n) is 7.08. The Kier molecular flexibility index (Phi) is 4.91. The van der Waals surface area contributed by atoms with Crippen molar-refractivity contribution in [3.63, 3.8) is 0 Å². The smallest absolute Gasteiger partial charge is 0.269 e. The van der Waals surface area contributed by atoms with Gasteiger partial charge in [0.15, 0.2) is 0 Å². The number of nitro benzene ring substituents is 1. The van der Waals surface area contributed by atoms with E-state index in [9.17, 15) is 15.2 Å². The molecule has 1 aliphatic rings. The number of aliphatic hydroxyl groups excluding tert-OH is 1. The van der Waals surface area contributed by atoms with Crippen LogP contribution in [0.15, 0.2) is 24.3 Å². The Labute approximate surface area is 113 Å². The first kappa shape index (κ1) is 14.0. The van der Waals surface area contributed by atoms with E-state index in [1.165, 1.54) is 37.8 Å². The molecule has 104 valence electrons. The van der Waals surface area contributed by atoms with Gasteiger partial charge in [0.25, 0.3) is 5.69 Å². The molecule has 1 saturated carbocycles. The van der Waals surface area contributed by atoms with E-state index in [-0.39, 0.29) is 11.8 Å². The SMILES string of the molecule is O=[N+]([O-])c1ccc(CC(O)C2CCCCCC2)cc1. The number of benzene rings is 1. The largest absolute Gasteiger partial charge is 0.392 e. The van der Waals surface area contributed by atoms with E-state index in [1.54, 1.807) is 12.1 Å². The lowest BCUT2D eigenvalue weighted by molar-refractivity contribution is -0.384. The Morgan fingerprint density at radius 2 is 1.74 bits per heavy atom. The number of nitro groups is 1. The second-order valence-electron chi connectivity index (χ2n) is 5.45. The standard InChI is InChI=1S/C15H21NO3/c17-15(13-5-3-1-2-4-6-13)11-12-7-9-14(10-8-12)16(18)19/h7-10,13,15,17H,1-6,11H2. The second-order valence-corrected chi connectivity index (χ2v) is 5.45. The summed E-state index contributed by atoms with van der Waals surface area (Å²) in [6.07, 6.45) is 7.47. The minimum Gasteiger partial charge on any atom is -0.392 e. The third kappa shape index (κ3) is 4.03. The summed E-state index contributed by atoms with van der Waals surface area (Å²) in [5, 5.41) is 20.9. The summed E-state index contributed by atoms with van der Waals surface area (Å²) in [4.78, 5) is 10.2. The molecule has 0 spiro atoms. The molecular formula is C15H21NO3. The molecule has 1 aliphatic carbocycles. The van der Waals surface area contributed by atoms with Crippen molar-refractivity contribution >= 4 is 5.69 Å². The van der Waals surface area contributed by atoms with E-state index in [0.29, 0.717) is 12.3 Å². The molecule has 1 aromatic rings. The second kappa shape index (κ2) is 6.66. The van der Waals surface area contributed by atoms with Crippen molar-refractivity contribution < 1.29 is 10.0 Å². The minimum atomic E-state index is -0.397. The quantitative estimate of drug-likeness (QED) is 0.514. The first-order chi connectivity index (χ1) is 9.16. The van der Waals surface area contributed by atoms with Gasteiger partial charge >= 0.3 is 0 Å². The molecule has 19 heavy (non-hydrogen) atoms. The van der Waals surface area contributed by atoms with Crippen molar-refractivity contribution in [1.29, 1.82) is 0 Å². The van der Waals surface area contributed by atoms with Crippen molar-refractivity contribution in [2.75, 3.05) is 0 Å². The molecule has 0 aliphatic heterocycles. The number of nitrogens with zero attached hydrogens (tertiary/aromatic N) is 1. The molecule has 1 fully saturated rings. The molecule has 0 saturated heterocycles. The highest BCUT2D eigenvalue weighted by molar-refractivity contribution is 5.33. The van der Waals surface area contributed by atoms with Crippen LogP contribution in [0.4, 0.5) is 5.69 Å². The highest BCUT2D eigenvalue weighted by Gasteiger charge is 2.21. The van der Waals surface area contributed by atoms with Crippen LogP contribution in [0, 0.1) is 16.0 Å². The number of hydrogen-bond acceptors (Lipinski definition) is 3. The summed E-state index contributed by atoms with van der Waals surface area (Å²) in [6.45, 7) is 0. The summed E-state index contributed by atoms with van der Waals surface area (Å²) >= 11 is 0. The third-order valence-corrected chi connectivity index (χ3v) is 4.04. The van der Waals surface area contributed by atoms with Gasteiger partial charge in [-0.05, 0) is 30.7 Å². The number of aliphatic hydroxyl groups is 1. The highest BCUT2D eigenvalue weighted by Crippen LogP contribution is 2.27. The Balaban J connectivity index is 1.93. The Morgan fingerprint density at radius 1 is 1.16 bits per heavy atom. The highest BCUT2D eigenvalue weighted by atomic mass is 16.6. The van der Waals surface area contributed by atoms with Crippen LogP contribution in [0.1, 0.15) is 44.1 Å². The van der Waals surface area contributed by atoms with Gasteiger partial charge in [-0.25, -0.2) is 0 Å². The summed E-state index contributed by atoms with van der Waals surface area (Å²) in [7, 11) is 0. The molecule has 1 N–H and O–H groups in total. The van der Waals surface area contributed by atoms with Crippen molar-refractivity contribution in [2.45, 2.75) is 51.0 Å². The molecule has 1 aromatic carbocycles. The topological polar surface area (TPSA) is 63.4 Å². The van der Waals surface area contributed by atoms with Gasteiger partial charge in [-0.3, -0.25) is 10.1 Å². The lowest BCUT2D eigenvalue weighted by atomic mass is 9.90. The Morgan fingerprint density at radius 3 is 2.26 bits per heavy atom. The molecule has 2 rings (SSSR count). The normalized spacial score (nSPS) is 18.8. The fourth-order valence-corrected chi connectivity index (χ4v) is 2.86. The zero-order chi connectivity index (χ0) is 13.7. The van der Waals surface area contributed by atoms with Crippen LogP contribution in [0.3, 0.4) is 0 Å². The summed E-state index contributed by atoms with van der Waals surface area (Å²) in [6, 6.07) is 6.51.